The van der Waals surface area contributed by atoms with E-state index in [1.54, 1.807) is 0 Å². The number of hydrogen-bond acceptors (Lipinski definition) is 2. The molecule has 0 aromatic heterocycles. The second-order valence-electron chi connectivity index (χ2n) is 3.72. The van der Waals surface area contributed by atoms with Gasteiger partial charge in [-0.05, 0) is 26.2 Å². The normalized spacial score (nSPS) is 24.2. The second kappa shape index (κ2) is 4.24. The van der Waals surface area contributed by atoms with Gasteiger partial charge in [0.05, 0.1) is 5.60 Å². The van der Waals surface area contributed by atoms with Gasteiger partial charge in [-0.15, -0.1) is 0 Å². The Morgan fingerprint density at radius 1 is 1.33 bits per heavy atom. The van der Waals surface area contributed by atoms with E-state index in [0.29, 0.717) is 0 Å². The third-order valence-corrected chi connectivity index (χ3v) is 3.00. The quantitative estimate of drug-likeness (QED) is 0.702. The average Bonchev–Trinajstić information content (AvgIpc) is 2.53. The minimum atomic E-state index is 0.0312. The highest BCUT2D eigenvalue weighted by molar-refractivity contribution is 4.94. The van der Waals surface area contributed by atoms with Crippen molar-refractivity contribution in [2.45, 2.75) is 57.6 Å². The van der Waals surface area contributed by atoms with Gasteiger partial charge in [0.15, 0.2) is 0 Å². The highest BCUT2D eigenvalue weighted by Gasteiger charge is 2.39. The zero-order valence-electron chi connectivity index (χ0n) is 8.31. The van der Waals surface area contributed by atoms with Gasteiger partial charge >= 0.3 is 0 Å². The van der Waals surface area contributed by atoms with Crippen LogP contribution in [0.4, 0.5) is 0 Å². The largest absolute Gasteiger partial charge is 0.374 e. The smallest absolute Gasteiger partial charge is 0.0832 e. The van der Waals surface area contributed by atoms with Crippen LogP contribution in [0, 0.1) is 0 Å². The number of ether oxygens (including phenoxy) is 1. The van der Waals surface area contributed by atoms with Crippen LogP contribution < -0.4 is 5.73 Å². The van der Waals surface area contributed by atoms with Crippen molar-refractivity contribution < 1.29 is 4.74 Å². The van der Waals surface area contributed by atoms with Crippen LogP contribution in [0.5, 0.6) is 0 Å². The molecule has 1 unspecified atom stereocenters. The fourth-order valence-corrected chi connectivity index (χ4v) is 2.26. The van der Waals surface area contributed by atoms with Crippen molar-refractivity contribution in [1.82, 2.24) is 0 Å². The molecule has 12 heavy (non-hydrogen) atoms. The summed E-state index contributed by atoms with van der Waals surface area (Å²) < 4.78 is 5.82. The van der Waals surface area contributed by atoms with Crippen molar-refractivity contribution in [2.75, 3.05) is 6.61 Å². The van der Waals surface area contributed by atoms with E-state index in [0.717, 1.165) is 25.9 Å². The lowest BCUT2D eigenvalue weighted by Crippen LogP contribution is -2.47. The van der Waals surface area contributed by atoms with Crippen molar-refractivity contribution in [1.29, 1.82) is 0 Å². The molecule has 0 aliphatic heterocycles. The maximum Gasteiger partial charge on any atom is 0.0832 e. The van der Waals surface area contributed by atoms with Crippen molar-refractivity contribution in [3.05, 3.63) is 0 Å². The van der Waals surface area contributed by atoms with Crippen molar-refractivity contribution in [2.24, 2.45) is 5.73 Å². The SMILES string of the molecule is CCOC1(C(N)CC)CCCC1. The van der Waals surface area contributed by atoms with Gasteiger partial charge in [0.1, 0.15) is 0 Å². The number of nitrogens with two attached hydrogens (primary N) is 1. The Kier molecular flexibility index (Phi) is 3.53. The second-order valence-corrected chi connectivity index (χ2v) is 3.72. The molecule has 1 fully saturated rings. The molecule has 1 aliphatic rings. The first kappa shape index (κ1) is 10.0. The van der Waals surface area contributed by atoms with Crippen LogP contribution in [-0.2, 0) is 4.74 Å². The van der Waals surface area contributed by atoms with E-state index < -0.39 is 0 Å². The standard InChI is InChI=1S/C10H21NO/c1-3-9(11)10(12-4-2)7-5-6-8-10/h9H,3-8,11H2,1-2H3. The summed E-state index contributed by atoms with van der Waals surface area (Å²) in [6.45, 7) is 5.00. The Labute approximate surface area is 75.5 Å². The zero-order chi connectivity index (χ0) is 9.03. The molecule has 2 N–H and O–H groups in total. The van der Waals surface area contributed by atoms with Gasteiger partial charge in [0, 0.05) is 12.6 Å². The Morgan fingerprint density at radius 2 is 1.92 bits per heavy atom. The lowest BCUT2D eigenvalue weighted by molar-refractivity contribution is -0.0532. The molecule has 0 saturated heterocycles. The fourth-order valence-electron chi connectivity index (χ4n) is 2.26. The van der Waals surface area contributed by atoms with Gasteiger partial charge < -0.3 is 10.5 Å². The summed E-state index contributed by atoms with van der Waals surface area (Å²) in [6, 6.07) is 0.236. The van der Waals surface area contributed by atoms with Crippen molar-refractivity contribution in [3.8, 4) is 0 Å². The lowest BCUT2D eigenvalue weighted by Gasteiger charge is -2.34. The number of hydrogen-bond donors (Lipinski definition) is 1. The van der Waals surface area contributed by atoms with Gasteiger partial charge in [-0.3, -0.25) is 0 Å². The lowest BCUT2D eigenvalue weighted by atomic mass is 9.91. The van der Waals surface area contributed by atoms with E-state index in [9.17, 15) is 0 Å². The predicted molar refractivity (Wildman–Crippen MR) is 51.1 cm³/mol. The monoisotopic (exact) mass is 171 g/mol. The van der Waals surface area contributed by atoms with Crippen LogP contribution in [0.15, 0.2) is 0 Å². The molecule has 1 aliphatic carbocycles. The molecule has 2 heteroatoms. The molecule has 0 amide bonds. The maximum atomic E-state index is 6.07. The summed E-state index contributed by atoms with van der Waals surface area (Å²) in [5.74, 6) is 0. The van der Waals surface area contributed by atoms with Gasteiger partial charge in [-0.1, -0.05) is 19.8 Å². The van der Waals surface area contributed by atoms with Gasteiger partial charge in [-0.2, -0.15) is 0 Å². The Morgan fingerprint density at radius 3 is 2.33 bits per heavy atom. The fraction of sp³-hybridized carbons (Fsp3) is 1.00. The van der Waals surface area contributed by atoms with E-state index in [4.69, 9.17) is 10.5 Å². The van der Waals surface area contributed by atoms with Gasteiger partial charge in [0.2, 0.25) is 0 Å². The average molecular weight is 171 g/mol. The van der Waals surface area contributed by atoms with E-state index in [-0.39, 0.29) is 11.6 Å². The highest BCUT2D eigenvalue weighted by Crippen LogP contribution is 2.36. The van der Waals surface area contributed by atoms with Crippen molar-refractivity contribution in [3.63, 3.8) is 0 Å². The molecular formula is C10H21NO. The molecule has 0 aromatic rings. The summed E-state index contributed by atoms with van der Waals surface area (Å²) in [4.78, 5) is 0. The van der Waals surface area contributed by atoms with Crippen LogP contribution in [0.25, 0.3) is 0 Å². The molecule has 2 nitrogen and oxygen atoms in total. The van der Waals surface area contributed by atoms with E-state index in [1.165, 1.54) is 12.8 Å². The van der Waals surface area contributed by atoms with Crippen molar-refractivity contribution >= 4 is 0 Å². The van der Waals surface area contributed by atoms with Gasteiger partial charge in [0.25, 0.3) is 0 Å². The van der Waals surface area contributed by atoms with Crippen LogP contribution in [0.3, 0.4) is 0 Å². The van der Waals surface area contributed by atoms with E-state index in [2.05, 4.69) is 13.8 Å². The summed E-state index contributed by atoms with van der Waals surface area (Å²) >= 11 is 0. The van der Waals surface area contributed by atoms with Crippen LogP contribution in [0.1, 0.15) is 46.0 Å². The Balaban J connectivity index is 2.57. The summed E-state index contributed by atoms with van der Waals surface area (Å²) in [5, 5.41) is 0. The molecule has 0 spiro atoms. The molecule has 1 saturated carbocycles. The molecule has 0 radical (unpaired) electrons. The van der Waals surface area contributed by atoms with E-state index in [1.807, 2.05) is 0 Å². The third kappa shape index (κ3) is 1.80. The molecule has 0 aromatic carbocycles. The number of rotatable bonds is 4. The topological polar surface area (TPSA) is 35.2 Å². The molecule has 0 heterocycles. The highest BCUT2D eigenvalue weighted by atomic mass is 16.5. The summed E-state index contributed by atoms with van der Waals surface area (Å²) in [6.07, 6.45) is 5.92. The summed E-state index contributed by atoms with van der Waals surface area (Å²) in [5.41, 5.74) is 6.11. The molecule has 1 rings (SSSR count). The first-order valence-corrected chi connectivity index (χ1v) is 5.14. The minimum absolute atomic E-state index is 0.0312. The Bertz CT molecular complexity index is 130. The first-order chi connectivity index (χ1) is 5.75. The zero-order valence-corrected chi connectivity index (χ0v) is 8.31. The minimum Gasteiger partial charge on any atom is -0.374 e. The van der Waals surface area contributed by atoms with Crippen LogP contribution >= 0.6 is 0 Å². The molecular weight excluding hydrogens is 150 g/mol. The Hall–Kier alpha value is -0.0800. The predicted octanol–water partition coefficient (Wildman–Crippen LogP) is 2.07. The van der Waals surface area contributed by atoms with E-state index >= 15 is 0 Å². The molecule has 1 atom stereocenters. The molecule has 72 valence electrons. The third-order valence-electron chi connectivity index (χ3n) is 3.00. The summed E-state index contributed by atoms with van der Waals surface area (Å²) in [7, 11) is 0. The van der Waals surface area contributed by atoms with Crippen LogP contribution in [-0.4, -0.2) is 18.2 Å². The van der Waals surface area contributed by atoms with Gasteiger partial charge in [-0.25, -0.2) is 0 Å². The van der Waals surface area contributed by atoms with Crippen LogP contribution in [0.2, 0.25) is 0 Å². The first-order valence-electron chi connectivity index (χ1n) is 5.14. The molecule has 0 bridgehead atoms. The maximum absolute atomic E-state index is 6.07.